The summed E-state index contributed by atoms with van der Waals surface area (Å²) >= 11 is 1.95. The van der Waals surface area contributed by atoms with Crippen molar-refractivity contribution in [3.05, 3.63) is 0 Å². The van der Waals surface area contributed by atoms with Crippen LogP contribution in [0.25, 0.3) is 0 Å². The number of hydrogen-bond acceptors (Lipinski definition) is 3. The highest BCUT2D eigenvalue weighted by molar-refractivity contribution is 7.99. The van der Waals surface area contributed by atoms with E-state index in [1.165, 1.54) is 0 Å². The van der Waals surface area contributed by atoms with Gasteiger partial charge in [0.2, 0.25) is 5.91 Å². The van der Waals surface area contributed by atoms with Crippen molar-refractivity contribution >= 4 is 17.7 Å². The molecule has 2 unspecified atom stereocenters. The average Bonchev–Trinajstić information content (AvgIpc) is 2.83. The Balaban J connectivity index is 1.75. The maximum Gasteiger partial charge on any atom is 0.223 e. The van der Waals surface area contributed by atoms with Gasteiger partial charge in [0.25, 0.3) is 0 Å². The molecule has 0 spiro atoms. The van der Waals surface area contributed by atoms with Crippen LogP contribution in [0.5, 0.6) is 0 Å². The number of nitrogens with two attached hydrogens (primary N) is 1. The van der Waals surface area contributed by atoms with E-state index in [0.29, 0.717) is 0 Å². The lowest BCUT2D eigenvalue weighted by atomic mass is 10.0. The molecule has 1 saturated carbocycles. The Morgan fingerprint density at radius 2 is 2.00 bits per heavy atom. The molecule has 3 nitrogen and oxygen atoms in total. The highest BCUT2D eigenvalue weighted by atomic mass is 32.2. The fourth-order valence-corrected chi connectivity index (χ4v) is 2.75. The Hall–Kier alpha value is -0.220. The number of amides is 1. The zero-order valence-corrected chi connectivity index (χ0v) is 8.48. The van der Waals surface area contributed by atoms with E-state index < -0.39 is 0 Å². The van der Waals surface area contributed by atoms with Crippen LogP contribution in [-0.2, 0) is 4.79 Å². The molecular formula is C9H16N2OS. The third-order valence-corrected chi connectivity index (χ3v) is 3.81. The lowest BCUT2D eigenvalue weighted by molar-refractivity contribution is -0.125. The Kier molecular flexibility index (Phi) is 2.79. The van der Waals surface area contributed by atoms with Crippen LogP contribution in [0.1, 0.15) is 19.3 Å². The maximum atomic E-state index is 11.6. The Labute approximate surface area is 82.8 Å². The lowest BCUT2D eigenvalue weighted by Gasteiger charge is -2.20. The Morgan fingerprint density at radius 1 is 1.38 bits per heavy atom. The molecule has 13 heavy (non-hydrogen) atoms. The fourth-order valence-electron chi connectivity index (χ4n) is 1.64. The first-order valence-electron chi connectivity index (χ1n) is 4.91. The van der Waals surface area contributed by atoms with Gasteiger partial charge in [-0.05, 0) is 30.8 Å². The monoisotopic (exact) mass is 200 g/mol. The SMILES string of the molecule is NC1CC1NC(=O)C1CCSCC1. The molecule has 1 aliphatic heterocycles. The van der Waals surface area contributed by atoms with Crippen molar-refractivity contribution in [2.24, 2.45) is 11.7 Å². The molecule has 74 valence electrons. The van der Waals surface area contributed by atoms with E-state index in [1.807, 2.05) is 11.8 Å². The van der Waals surface area contributed by atoms with E-state index in [-0.39, 0.29) is 23.9 Å². The van der Waals surface area contributed by atoms with Crippen LogP contribution in [0, 0.1) is 5.92 Å². The molecule has 1 saturated heterocycles. The summed E-state index contributed by atoms with van der Waals surface area (Å²) in [4.78, 5) is 11.6. The Bertz CT molecular complexity index is 204. The van der Waals surface area contributed by atoms with Crippen molar-refractivity contribution in [3.8, 4) is 0 Å². The molecule has 1 amide bonds. The predicted molar refractivity (Wildman–Crippen MR) is 54.6 cm³/mol. The minimum atomic E-state index is 0.224. The second kappa shape index (κ2) is 3.88. The highest BCUT2D eigenvalue weighted by Crippen LogP contribution is 2.24. The molecule has 2 aliphatic rings. The lowest BCUT2D eigenvalue weighted by Crippen LogP contribution is -2.36. The molecule has 0 aromatic heterocycles. The van der Waals surface area contributed by atoms with Crippen molar-refractivity contribution in [1.82, 2.24) is 5.32 Å². The number of carbonyl (C=O) groups is 1. The summed E-state index contributed by atoms with van der Waals surface area (Å²) in [7, 11) is 0. The van der Waals surface area contributed by atoms with E-state index in [1.54, 1.807) is 0 Å². The maximum absolute atomic E-state index is 11.6. The second-order valence-electron chi connectivity index (χ2n) is 3.90. The van der Waals surface area contributed by atoms with Crippen LogP contribution < -0.4 is 11.1 Å². The zero-order chi connectivity index (χ0) is 9.26. The van der Waals surface area contributed by atoms with E-state index in [9.17, 15) is 4.79 Å². The largest absolute Gasteiger partial charge is 0.352 e. The molecule has 1 heterocycles. The van der Waals surface area contributed by atoms with Crippen molar-refractivity contribution in [3.63, 3.8) is 0 Å². The van der Waals surface area contributed by atoms with Crippen LogP contribution >= 0.6 is 11.8 Å². The molecule has 0 aromatic carbocycles. The summed E-state index contributed by atoms with van der Waals surface area (Å²) in [6, 6.07) is 0.504. The van der Waals surface area contributed by atoms with Gasteiger partial charge < -0.3 is 11.1 Å². The van der Waals surface area contributed by atoms with Crippen LogP contribution in [0.3, 0.4) is 0 Å². The molecule has 1 aliphatic carbocycles. The molecule has 0 bridgehead atoms. The summed E-state index contributed by atoms with van der Waals surface area (Å²) < 4.78 is 0. The second-order valence-corrected chi connectivity index (χ2v) is 5.13. The van der Waals surface area contributed by atoms with Crippen molar-refractivity contribution in [2.75, 3.05) is 11.5 Å². The average molecular weight is 200 g/mol. The number of carbonyl (C=O) groups excluding carboxylic acids is 1. The molecule has 4 heteroatoms. The van der Waals surface area contributed by atoms with E-state index in [2.05, 4.69) is 5.32 Å². The smallest absolute Gasteiger partial charge is 0.223 e. The molecule has 2 atom stereocenters. The first-order valence-corrected chi connectivity index (χ1v) is 6.06. The van der Waals surface area contributed by atoms with Gasteiger partial charge >= 0.3 is 0 Å². The number of hydrogen-bond donors (Lipinski definition) is 2. The van der Waals surface area contributed by atoms with Gasteiger partial charge in [0.05, 0.1) is 0 Å². The van der Waals surface area contributed by atoms with Gasteiger partial charge in [-0.3, -0.25) is 4.79 Å². The topological polar surface area (TPSA) is 55.1 Å². The van der Waals surface area contributed by atoms with Gasteiger partial charge in [-0.2, -0.15) is 11.8 Å². The number of nitrogens with one attached hydrogen (secondary N) is 1. The van der Waals surface area contributed by atoms with Crippen LogP contribution in [-0.4, -0.2) is 29.5 Å². The van der Waals surface area contributed by atoms with Gasteiger partial charge in [0.15, 0.2) is 0 Å². The minimum absolute atomic E-state index is 0.224. The van der Waals surface area contributed by atoms with E-state index in [0.717, 1.165) is 30.8 Å². The first-order chi connectivity index (χ1) is 6.27. The summed E-state index contributed by atoms with van der Waals surface area (Å²) in [5.41, 5.74) is 5.63. The van der Waals surface area contributed by atoms with Crippen LogP contribution in [0.15, 0.2) is 0 Å². The van der Waals surface area contributed by atoms with E-state index in [4.69, 9.17) is 5.73 Å². The first kappa shape index (κ1) is 9.34. The third-order valence-electron chi connectivity index (χ3n) is 2.76. The fraction of sp³-hybridized carbons (Fsp3) is 0.889. The molecule has 0 radical (unpaired) electrons. The van der Waals surface area contributed by atoms with Gasteiger partial charge in [0.1, 0.15) is 0 Å². The van der Waals surface area contributed by atoms with Gasteiger partial charge in [-0.25, -0.2) is 0 Å². The number of rotatable bonds is 2. The molecular weight excluding hydrogens is 184 g/mol. The third kappa shape index (κ3) is 2.38. The highest BCUT2D eigenvalue weighted by Gasteiger charge is 2.36. The summed E-state index contributed by atoms with van der Waals surface area (Å²) in [5, 5.41) is 3.00. The normalized spacial score (nSPS) is 34.2. The van der Waals surface area contributed by atoms with Gasteiger partial charge in [0, 0.05) is 18.0 Å². The van der Waals surface area contributed by atoms with Crippen molar-refractivity contribution in [2.45, 2.75) is 31.3 Å². The predicted octanol–water partition coefficient (Wildman–Crippen LogP) is 0.345. The van der Waals surface area contributed by atoms with Crippen molar-refractivity contribution < 1.29 is 4.79 Å². The zero-order valence-electron chi connectivity index (χ0n) is 7.66. The molecule has 3 N–H and O–H groups in total. The summed E-state index contributed by atoms with van der Waals surface area (Å²) in [6.45, 7) is 0. The van der Waals surface area contributed by atoms with Crippen LogP contribution in [0.2, 0.25) is 0 Å². The standard InChI is InChI=1S/C9H16N2OS/c10-7-5-8(7)11-9(12)6-1-3-13-4-2-6/h6-8H,1-5,10H2,(H,11,12). The number of thioether (sulfide) groups is 1. The quantitative estimate of drug-likeness (QED) is 0.676. The molecule has 0 aromatic rings. The van der Waals surface area contributed by atoms with Crippen molar-refractivity contribution in [1.29, 1.82) is 0 Å². The molecule has 2 rings (SSSR count). The van der Waals surface area contributed by atoms with Crippen LogP contribution in [0.4, 0.5) is 0 Å². The Morgan fingerprint density at radius 3 is 2.54 bits per heavy atom. The van der Waals surface area contributed by atoms with E-state index >= 15 is 0 Å². The summed E-state index contributed by atoms with van der Waals surface area (Å²) in [6.07, 6.45) is 3.05. The minimum Gasteiger partial charge on any atom is -0.352 e. The van der Waals surface area contributed by atoms with Gasteiger partial charge in [-0.1, -0.05) is 0 Å². The molecule has 2 fully saturated rings. The van der Waals surface area contributed by atoms with Gasteiger partial charge in [-0.15, -0.1) is 0 Å². The summed E-state index contributed by atoms with van der Waals surface area (Å²) in [5.74, 6) is 2.76.